The Hall–Kier alpha value is -1.58. The van der Waals surface area contributed by atoms with Crippen molar-refractivity contribution in [3.05, 3.63) is 35.6 Å². The van der Waals surface area contributed by atoms with Gasteiger partial charge in [0.1, 0.15) is 5.82 Å². The van der Waals surface area contributed by atoms with Crippen molar-refractivity contribution in [2.24, 2.45) is 4.99 Å². The van der Waals surface area contributed by atoms with Crippen molar-refractivity contribution in [1.29, 1.82) is 0 Å². The third-order valence-electron chi connectivity index (χ3n) is 2.78. The first-order valence-electron chi connectivity index (χ1n) is 6.33. The summed E-state index contributed by atoms with van der Waals surface area (Å²) in [5.74, 6) is 0.663. The van der Waals surface area contributed by atoms with Crippen LogP contribution in [-0.4, -0.2) is 31.5 Å². The van der Waals surface area contributed by atoms with Crippen LogP contribution in [0.25, 0.3) is 0 Å². The van der Waals surface area contributed by atoms with Crippen LogP contribution < -0.4 is 5.32 Å². The second-order valence-electron chi connectivity index (χ2n) is 4.30. The van der Waals surface area contributed by atoms with Gasteiger partial charge in [0.05, 0.1) is 0 Å². The minimum absolute atomic E-state index is 0.205. The highest BCUT2D eigenvalue weighted by Crippen LogP contribution is 2.02. The number of hydrogen-bond donors (Lipinski definition) is 1. The Kier molecular flexibility index (Phi) is 6.19. The lowest BCUT2D eigenvalue weighted by Gasteiger charge is -2.21. The van der Waals surface area contributed by atoms with Crippen molar-refractivity contribution in [2.45, 2.75) is 26.3 Å². The van der Waals surface area contributed by atoms with Crippen LogP contribution in [0.15, 0.2) is 29.3 Å². The van der Waals surface area contributed by atoms with Crippen molar-refractivity contribution in [3.8, 4) is 0 Å². The van der Waals surface area contributed by atoms with Gasteiger partial charge in [0.15, 0.2) is 5.96 Å². The summed E-state index contributed by atoms with van der Waals surface area (Å²) in [4.78, 5) is 6.34. The monoisotopic (exact) mass is 251 g/mol. The molecule has 0 atom stereocenters. The molecule has 0 radical (unpaired) electrons. The molecule has 0 aliphatic rings. The summed E-state index contributed by atoms with van der Waals surface area (Å²) >= 11 is 0. The zero-order valence-corrected chi connectivity index (χ0v) is 11.4. The Morgan fingerprint density at radius 3 is 2.56 bits per heavy atom. The average molecular weight is 251 g/mol. The molecule has 4 heteroatoms. The van der Waals surface area contributed by atoms with Gasteiger partial charge in [-0.2, -0.15) is 0 Å². The highest BCUT2D eigenvalue weighted by Gasteiger charge is 2.04. The molecule has 0 heterocycles. The molecular formula is C14H22FN3. The summed E-state index contributed by atoms with van der Waals surface area (Å²) < 4.78 is 12.8. The number of nitrogens with one attached hydrogen (secondary N) is 1. The number of benzene rings is 1. The number of guanidine groups is 1. The Bertz CT molecular complexity index is 373. The summed E-state index contributed by atoms with van der Waals surface area (Å²) in [6, 6.07) is 6.50. The molecule has 0 fully saturated rings. The molecule has 0 aliphatic carbocycles. The van der Waals surface area contributed by atoms with E-state index in [4.69, 9.17) is 0 Å². The molecule has 0 amide bonds. The number of hydrogen-bond acceptors (Lipinski definition) is 1. The maximum absolute atomic E-state index is 12.8. The Labute approximate surface area is 109 Å². The van der Waals surface area contributed by atoms with E-state index in [1.54, 1.807) is 19.2 Å². The van der Waals surface area contributed by atoms with Gasteiger partial charge in [0.25, 0.3) is 0 Å². The van der Waals surface area contributed by atoms with Crippen LogP contribution in [0.3, 0.4) is 0 Å². The lowest BCUT2D eigenvalue weighted by atomic mass is 10.2. The fraction of sp³-hybridized carbons (Fsp3) is 0.500. The van der Waals surface area contributed by atoms with Gasteiger partial charge in [-0.25, -0.2) is 4.39 Å². The molecule has 100 valence electrons. The van der Waals surface area contributed by atoms with E-state index >= 15 is 0 Å². The van der Waals surface area contributed by atoms with Crippen molar-refractivity contribution >= 4 is 5.96 Å². The first-order chi connectivity index (χ1) is 8.67. The minimum atomic E-state index is -0.205. The van der Waals surface area contributed by atoms with Crippen molar-refractivity contribution in [1.82, 2.24) is 10.2 Å². The van der Waals surface area contributed by atoms with E-state index in [2.05, 4.69) is 22.1 Å². The Morgan fingerprint density at radius 2 is 2.00 bits per heavy atom. The van der Waals surface area contributed by atoms with Gasteiger partial charge >= 0.3 is 0 Å². The van der Waals surface area contributed by atoms with E-state index in [1.807, 2.05) is 7.05 Å². The summed E-state index contributed by atoms with van der Waals surface area (Å²) in [6.07, 6.45) is 2.31. The molecule has 0 bridgehead atoms. The molecule has 1 rings (SSSR count). The third-order valence-corrected chi connectivity index (χ3v) is 2.78. The van der Waals surface area contributed by atoms with E-state index in [-0.39, 0.29) is 5.82 Å². The second-order valence-corrected chi connectivity index (χ2v) is 4.30. The van der Waals surface area contributed by atoms with E-state index in [0.717, 1.165) is 24.5 Å². The Balaban J connectivity index is 2.47. The van der Waals surface area contributed by atoms with Gasteiger partial charge < -0.3 is 10.2 Å². The quantitative estimate of drug-likeness (QED) is 0.643. The third kappa shape index (κ3) is 4.73. The van der Waals surface area contributed by atoms with Crippen LogP contribution in [0.1, 0.15) is 25.3 Å². The van der Waals surface area contributed by atoms with Crippen LogP contribution >= 0.6 is 0 Å². The zero-order valence-electron chi connectivity index (χ0n) is 11.4. The Morgan fingerprint density at radius 1 is 1.33 bits per heavy atom. The van der Waals surface area contributed by atoms with Crippen LogP contribution in [0.5, 0.6) is 0 Å². The number of unbranched alkanes of at least 4 members (excludes halogenated alkanes) is 1. The summed E-state index contributed by atoms with van der Waals surface area (Å²) in [5, 5.41) is 3.27. The van der Waals surface area contributed by atoms with Gasteiger partial charge in [-0.05, 0) is 24.1 Å². The molecule has 0 aromatic heterocycles. The molecule has 3 nitrogen and oxygen atoms in total. The molecule has 0 saturated carbocycles. The van der Waals surface area contributed by atoms with Crippen LogP contribution in [0.4, 0.5) is 4.39 Å². The molecule has 0 spiro atoms. The zero-order chi connectivity index (χ0) is 13.4. The van der Waals surface area contributed by atoms with Gasteiger partial charge in [-0.15, -0.1) is 0 Å². The molecular weight excluding hydrogens is 229 g/mol. The molecule has 1 aromatic carbocycles. The van der Waals surface area contributed by atoms with E-state index in [1.165, 1.54) is 18.6 Å². The molecule has 0 aliphatic heterocycles. The fourth-order valence-electron chi connectivity index (χ4n) is 1.67. The predicted molar refractivity (Wildman–Crippen MR) is 74.1 cm³/mol. The van der Waals surface area contributed by atoms with Crippen molar-refractivity contribution in [2.75, 3.05) is 20.6 Å². The largest absolute Gasteiger partial charge is 0.352 e. The van der Waals surface area contributed by atoms with E-state index in [9.17, 15) is 4.39 Å². The van der Waals surface area contributed by atoms with Crippen LogP contribution in [-0.2, 0) is 6.54 Å². The molecule has 1 N–H and O–H groups in total. The first kappa shape index (κ1) is 14.5. The molecule has 1 aromatic rings. The van der Waals surface area contributed by atoms with Gasteiger partial charge in [0.2, 0.25) is 0 Å². The van der Waals surface area contributed by atoms with Gasteiger partial charge in [0, 0.05) is 27.2 Å². The lowest BCUT2D eigenvalue weighted by Crippen LogP contribution is -2.38. The van der Waals surface area contributed by atoms with Gasteiger partial charge in [-0.1, -0.05) is 25.5 Å². The highest BCUT2D eigenvalue weighted by molar-refractivity contribution is 5.79. The fourth-order valence-corrected chi connectivity index (χ4v) is 1.67. The second kappa shape index (κ2) is 7.69. The summed E-state index contributed by atoms with van der Waals surface area (Å²) in [5.41, 5.74) is 1.04. The minimum Gasteiger partial charge on any atom is -0.352 e. The number of halogens is 1. The van der Waals surface area contributed by atoms with Crippen molar-refractivity contribution < 1.29 is 4.39 Å². The normalized spacial score (nSPS) is 11.4. The van der Waals surface area contributed by atoms with Crippen LogP contribution in [0.2, 0.25) is 0 Å². The summed E-state index contributed by atoms with van der Waals surface area (Å²) in [7, 11) is 3.80. The van der Waals surface area contributed by atoms with Gasteiger partial charge in [-0.3, -0.25) is 4.99 Å². The SMILES string of the molecule is CCCCN(C)C(=NC)NCc1ccc(F)cc1. The predicted octanol–water partition coefficient (Wildman–Crippen LogP) is 2.63. The topological polar surface area (TPSA) is 27.6 Å². The van der Waals surface area contributed by atoms with Crippen LogP contribution in [0, 0.1) is 5.82 Å². The molecule has 0 unspecified atom stereocenters. The smallest absolute Gasteiger partial charge is 0.193 e. The average Bonchev–Trinajstić information content (AvgIpc) is 2.39. The number of aliphatic imine (C=N–C) groups is 1. The highest BCUT2D eigenvalue weighted by atomic mass is 19.1. The first-order valence-corrected chi connectivity index (χ1v) is 6.33. The van der Waals surface area contributed by atoms with E-state index in [0.29, 0.717) is 6.54 Å². The molecule has 18 heavy (non-hydrogen) atoms. The molecule has 0 saturated heterocycles. The number of rotatable bonds is 5. The summed E-state index contributed by atoms with van der Waals surface area (Å²) in [6.45, 7) is 3.81. The standard InChI is InChI=1S/C14H22FN3/c1-4-5-10-18(3)14(16-2)17-11-12-6-8-13(15)9-7-12/h6-9H,4-5,10-11H2,1-3H3,(H,16,17). The van der Waals surface area contributed by atoms with E-state index < -0.39 is 0 Å². The number of nitrogens with zero attached hydrogens (tertiary/aromatic N) is 2. The van der Waals surface area contributed by atoms with Crippen molar-refractivity contribution in [3.63, 3.8) is 0 Å². The maximum atomic E-state index is 12.8. The lowest BCUT2D eigenvalue weighted by molar-refractivity contribution is 0.464. The maximum Gasteiger partial charge on any atom is 0.193 e.